The fraction of sp³-hybridized carbons (Fsp3) is 0.483. The largest absolute Gasteiger partial charge is 0.492 e. The van der Waals surface area contributed by atoms with Crippen molar-refractivity contribution in [3.8, 4) is 5.88 Å². The Bertz CT molecular complexity index is 4110. The molecular formula is C58H73N25O27. The first-order valence-corrected chi connectivity index (χ1v) is 32.1. The van der Waals surface area contributed by atoms with Crippen LogP contribution in [0.3, 0.4) is 0 Å². The maximum Gasteiger partial charge on any atom is 0.326 e. The quantitative estimate of drug-likeness (QED) is 0.0110. The van der Waals surface area contributed by atoms with Gasteiger partial charge in [0.1, 0.15) is 60.4 Å². The predicted molar refractivity (Wildman–Crippen MR) is 361 cm³/mol. The van der Waals surface area contributed by atoms with Crippen molar-refractivity contribution in [2.75, 3.05) is 30.7 Å². The Balaban J connectivity index is 1.84. The molecule has 0 saturated carbocycles. The van der Waals surface area contributed by atoms with Crippen molar-refractivity contribution in [2.45, 2.75) is 157 Å². The summed E-state index contributed by atoms with van der Waals surface area (Å²) in [5, 5.41) is 121. The summed E-state index contributed by atoms with van der Waals surface area (Å²) in [6.45, 7) is -1.11. The standard InChI is InChI=1S/C58H73N25O27/c59-58-79-45-44(55(106)80-58)68-26(23-64-45)22-63-25-9-7-24(8-10-25)46(97)72-30(57(109)110)11-12-37(84)69-31(16-38(85)86)49(100)76-32(17-39(87)88)50(101)70-27(4-1-13-65-81-60)47(98)74-35(20-42(93)94)53(104)77-33(18-40(89)90)51(102)71-28(5-2-14-66-82-61)48(99)75-36(21-43(95)96)54(105)78-34(19-41(91)92)52(103)73-29(56(107)108)6-3-15-67-83-62/h7-10,23,27-36,63H,1-6,11-22H2,(H,69,84)(H,70,101)(H,71,102)(H,72,97)(H,73,103)(H,74,98)(H,75,99)(H,76,100)(H,77,104)(H,78,105)(H,85,86)(H,87,88)(H,89,90)(H,91,92)(H,93,94)(H,95,96)(H,107,108)(H,109,110)(H3,59,64,79,80,106)/t27-,28-,29-,30-,31+,32+,33+,34+,35+,36+/m0/s1. The van der Waals surface area contributed by atoms with Crippen LogP contribution in [-0.4, -0.2) is 253 Å². The Kier molecular flexibility index (Phi) is 37.2. The number of rotatable bonds is 51. The second-order valence-corrected chi connectivity index (χ2v) is 23.1. The number of carbonyl (C=O) groups excluding carboxylic acids is 10. The second kappa shape index (κ2) is 45.6. The summed E-state index contributed by atoms with van der Waals surface area (Å²) in [4.78, 5) is 257. The van der Waals surface area contributed by atoms with Gasteiger partial charge in [0, 0.05) is 52.0 Å². The highest BCUT2D eigenvalue weighted by atomic mass is 16.4. The average Bonchev–Trinajstić information content (AvgIpc) is 0.822. The summed E-state index contributed by atoms with van der Waals surface area (Å²) < 4.78 is 0. The number of nitrogens with one attached hydrogen (secondary N) is 11. The van der Waals surface area contributed by atoms with Gasteiger partial charge in [0.25, 0.3) is 5.91 Å². The van der Waals surface area contributed by atoms with E-state index in [1.54, 1.807) is 0 Å². The van der Waals surface area contributed by atoms with Gasteiger partial charge in [-0.2, -0.15) is 9.97 Å². The number of carboxylic acid groups (broad SMARTS) is 8. The van der Waals surface area contributed by atoms with E-state index in [4.69, 9.17) is 22.3 Å². The van der Waals surface area contributed by atoms with Crippen LogP contribution < -0.4 is 64.2 Å². The molecule has 22 N–H and O–H groups in total. The zero-order valence-corrected chi connectivity index (χ0v) is 57.2. The van der Waals surface area contributed by atoms with Gasteiger partial charge in [-0.15, -0.1) is 0 Å². The van der Waals surface area contributed by atoms with Gasteiger partial charge in [0.05, 0.1) is 57.0 Å². The molecule has 0 bridgehead atoms. The van der Waals surface area contributed by atoms with Crippen LogP contribution in [0.4, 0.5) is 11.6 Å². The summed E-state index contributed by atoms with van der Waals surface area (Å²) in [5.41, 5.74) is 32.4. The third-order valence-electron chi connectivity index (χ3n) is 14.8. The molecule has 2 heterocycles. The van der Waals surface area contributed by atoms with E-state index in [0.717, 1.165) is 0 Å². The molecule has 3 aromatic rings. The summed E-state index contributed by atoms with van der Waals surface area (Å²) >= 11 is 0. The van der Waals surface area contributed by atoms with Crippen LogP contribution in [0.15, 0.2) is 45.8 Å². The van der Waals surface area contributed by atoms with E-state index in [2.05, 4.69) is 60.6 Å². The van der Waals surface area contributed by atoms with E-state index in [0.29, 0.717) is 11.4 Å². The molecule has 52 nitrogen and oxygen atoms in total. The molecule has 2 aromatic heterocycles. The van der Waals surface area contributed by atoms with Crippen molar-refractivity contribution in [2.24, 2.45) is 15.3 Å². The lowest BCUT2D eigenvalue weighted by Gasteiger charge is -2.27. The number of carbonyl (C=O) groups is 18. The molecule has 0 radical (unpaired) electrons. The van der Waals surface area contributed by atoms with Crippen LogP contribution in [0.5, 0.6) is 5.88 Å². The number of nitrogens with two attached hydrogens (primary N) is 1. The number of hydrogen-bond acceptors (Lipinski definition) is 28. The smallest absolute Gasteiger partial charge is 0.326 e. The Morgan fingerprint density at radius 1 is 0.409 bits per heavy atom. The van der Waals surface area contributed by atoms with Crippen molar-refractivity contribution in [1.29, 1.82) is 0 Å². The summed E-state index contributed by atoms with van der Waals surface area (Å²) in [6.07, 6.45) is -11.0. The van der Waals surface area contributed by atoms with Gasteiger partial charge in [-0.3, -0.25) is 76.7 Å². The fourth-order valence-electron chi connectivity index (χ4n) is 9.51. The first-order chi connectivity index (χ1) is 51.9. The highest BCUT2D eigenvalue weighted by molar-refractivity contribution is 6.02. The first kappa shape index (κ1) is 89.6. The van der Waals surface area contributed by atoms with Crippen LogP contribution in [0, 0.1) is 0 Å². The number of carboxylic acids is 8. The van der Waals surface area contributed by atoms with Crippen molar-refractivity contribution in [1.82, 2.24) is 73.1 Å². The molecule has 10 amide bonds. The lowest BCUT2D eigenvalue weighted by molar-refractivity contribution is -0.145. The van der Waals surface area contributed by atoms with Crippen LogP contribution in [0.1, 0.15) is 106 Å². The van der Waals surface area contributed by atoms with Crippen molar-refractivity contribution in [3.63, 3.8) is 0 Å². The number of aromatic hydroxyl groups is 1. The van der Waals surface area contributed by atoms with E-state index in [1.165, 1.54) is 30.5 Å². The molecule has 0 aliphatic carbocycles. The van der Waals surface area contributed by atoms with Crippen LogP contribution in [0.2, 0.25) is 0 Å². The molecule has 0 unspecified atom stereocenters. The predicted octanol–water partition coefficient (Wildman–Crippen LogP) is -4.15. The molecule has 0 fully saturated rings. The molecule has 0 saturated heterocycles. The van der Waals surface area contributed by atoms with Crippen molar-refractivity contribution >= 4 is 130 Å². The van der Waals surface area contributed by atoms with E-state index in [1.807, 2.05) is 47.9 Å². The van der Waals surface area contributed by atoms with E-state index in [-0.39, 0.29) is 55.0 Å². The monoisotopic (exact) mass is 1550 g/mol. The Morgan fingerprint density at radius 2 is 0.727 bits per heavy atom. The fourth-order valence-corrected chi connectivity index (χ4v) is 9.51. The molecule has 52 heteroatoms. The lowest BCUT2D eigenvalue weighted by atomic mass is 10.1. The number of aromatic nitrogens is 4. The Hall–Kier alpha value is -14.6. The van der Waals surface area contributed by atoms with Crippen molar-refractivity contribution < 1.29 is 132 Å². The maximum absolute atomic E-state index is 14.1. The highest BCUT2D eigenvalue weighted by Gasteiger charge is 2.38. The summed E-state index contributed by atoms with van der Waals surface area (Å²) in [5.74, 6) is -30.0. The number of anilines is 2. The molecule has 0 aliphatic rings. The van der Waals surface area contributed by atoms with E-state index in [9.17, 15) is 132 Å². The van der Waals surface area contributed by atoms with Gasteiger partial charge in [-0.05, 0) is 85.8 Å². The molecule has 592 valence electrons. The number of nitrogen functional groups attached to an aromatic ring is 1. The SMILES string of the molecule is [N-]=[N+]=NCCC[C@H](NC(=O)[C@@H](CC(=O)O)NC(=O)[C@@H](CC(=O)O)NC(=O)[C@H](CCCN=[N+]=[N-])NC(=O)[C@@H](CC(=O)O)NC(=O)[C@@H](CC(=O)O)NC(=O)[C@H](CCCN=[N+]=[N-])NC(=O)[C@@H](CC(=O)O)NC(=O)[C@@H](CC(=O)O)NC(=O)CC[C@H](NC(=O)c1ccc(NCc2cnc3nc(N)nc(O)c3n2)cc1)C(=O)O)C(=O)O. The molecule has 0 aliphatic heterocycles. The number of aliphatic carboxylic acids is 8. The summed E-state index contributed by atoms with van der Waals surface area (Å²) in [7, 11) is 0. The molecule has 110 heavy (non-hydrogen) atoms. The van der Waals surface area contributed by atoms with Gasteiger partial charge in [0.15, 0.2) is 11.2 Å². The maximum atomic E-state index is 14.1. The average molecular weight is 1550 g/mol. The number of benzene rings is 1. The minimum Gasteiger partial charge on any atom is -0.492 e. The Labute approximate surface area is 615 Å². The summed E-state index contributed by atoms with van der Waals surface area (Å²) in [6, 6.07) is -16.1. The molecule has 0 spiro atoms. The zero-order valence-electron chi connectivity index (χ0n) is 57.2. The first-order valence-electron chi connectivity index (χ1n) is 32.1. The van der Waals surface area contributed by atoms with Gasteiger partial charge < -0.3 is 110 Å². The number of azide groups is 3. The Morgan fingerprint density at radius 3 is 1.07 bits per heavy atom. The second-order valence-electron chi connectivity index (χ2n) is 23.1. The van der Waals surface area contributed by atoms with E-state index < -0.39 is 257 Å². The number of fused-ring (bicyclic) bond motifs is 1. The van der Waals surface area contributed by atoms with Crippen LogP contribution >= 0.6 is 0 Å². The molecule has 1 aromatic carbocycles. The lowest BCUT2D eigenvalue weighted by Crippen LogP contribution is -2.61. The van der Waals surface area contributed by atoms with E-state index >= 15 is 0 Å². The third kappa shape index (κ3) is 32.6. The van der Waals surface area contributed by atoms with Crippen LogP contribution in [-0.2, 0) is 88.1 Å². The number of nitrogens with zero attached hydrogens (tertiary/aromatic N) is 13. The van der Waals surface area contributed by atoms with Gasteiger partial charge in [-0.1, -0.05) is 15.3 Å². The normalized spacial score (nSPS) is 13.3. The topological polar surface area (TPSA) is 846 Å². The van der Waals surface area contributed by atoms with Gasteiger partial charge >= 0.3 is 47.8 Å². The molecular weight excluding hydrogens is 1480 g/mol. The highest BCUT2D eigenvalue weighted by Crippen LogP contribution is 2.20. The van der Waals surface area contributed by atoms with Crippen molar-refractivity contribution in [3.05, 3.63) is 73.0 Å². The zero-order chi connectivity index (χ0) is 82.3. The number of amides is 10. The van der Waals surface area contributed by atoms with Gasteiger partial charge in [0.2, 0.25) is 65.0 Å². The third-order valence-corrected chi connectivity index (χ3v) is 14.8. The molecule has 3 rings (SSSR count). The van der Waals surface area contributed by atoms with Crippen LogP contribution in [0.25, 0.3) is 42.5 Å². The van der Waals surface area contributed by atoms with Gasteiger partial charge in [-0.25, -0.2) is 19.6 Å². The minimum atomic E-state index is -2.41. The minimum absolute atomic E-state index is 0.0295. The number of hydrogen-bond donors (Lipinski definition) is 21. The molecule has 10 atom stereocenters.